The molecule has 0 spiro atoms. The number of nitrogens with zero attached hydrogens (tertiary/aromatic N) is 1. The molecule has 0 radical (unpaired) electrons. The minimum absolute atomic E-state index is 0.0671. The van der Waals surface area contributed by atoms with E-state index < -0.39 is 6.23 Å². The Balaban J connectivity index is 2.63. The van der Waals surface area contributed by atoms with Gasteiger partial charge in [0, 0.05) is 6.04 Å². The maximum absolute atomic E-state index is 10.9. The molecule has 1 aliphatic rings. The lowest BCUT2D eigenvalue weighted by Crippen LogP contribution is -2.39. The molecule has 0 bridgehead atoms. The second-order valence-corrected chi connectivity index (χ2v) is 2.67. The van der Waals surface area contributed by atoms with E-state index in [0.717, 1.165) is 0 Å². The molecule has 0 aromatic heterocycles. The van der Waals surface area contributed by atoms with E-state index >= 15 is 0 Å². The van der Waals surface area contributed by atoms with Gasteiger partial charge in [0.25, 0.3) is 0 Å². The van der Waals surface area contributed by atoms with E-state index in [2.05, 4.69) is 5.32 Å². The second kappa shape index (κ2) is 2.46. The number of nitrogens with one attached hydrogen (secondary N) is 1. The summed E-state index contributed by atoms with van der Waals surface area (Å²) in [6.07, 6.45) is -0.646. The third-order valence-electron chi connectivity index (χ3n) is 1.55. The van der Waals surface area contributed by atoms with Gasteiger partial charge in [0.1, 0.15) is 6.23 Å². The van der Waals surface area contributed by atoms with Crippen molar-refractivity contribution in [3.63, 3.8) is 0 Å². The van der Waals surface area contributed by atoms with Crippen molar-refractivity contribution < 1.29 is 9.90 Å². The first-order chi connectivity index (χ1) is 4.63. The highest BCUT2D eigenvalue weighted by molar-refractivity contribution is 5.76. The average molecular weight is 144 g/mol. The van der Waals surface area contributed by atoms with E-state index in [0.29, 0.717) is 6.54 Å². The summed E-state index contributed by atoms with van der Waals surface area (Å²) in [6, 6.07) is -0.111. The highest BCUT2D eigenvalue weighted by atomic mass is 16.3. The molecule has 4 heteroatoms. The van der Waals surface area contributed by atoms with Crippen molar-refractivity contribution in [1.82, 2.24) is 10.2 Å². The Bertz CT molecular complexity index is 147. The fourth-order valence-corrected chi connectivity index (χ4v) is 1.08. The van der Waals surface area contributed by atoms with Crippen LogP contribution in [0.25, 0.3) is 0 Å². The van der Waals surface area contributed by atoms with Crippen LogP contribution in [0.4, 0.5) is 4.79 Å². The molecule has 1 unspecified atom stereocenters. The molecular weight excluding hydrogens is 132 g/mol. The molecule has 1 fully saturated rings. The van der Waals surface area contributed by atoms with Gasteiger partial charge in [-0.25, -0.2) is 4.79 Å². The van der Waals surface area contributed by atoms with Gasteiger partial charge in [-0.05, 0) is 13.8 Å². The Morgan fingerprint density at radius 3 is 2.60 bits per heavy atom. The van der Waals surface area contributed by atoms with Crippen LogP contribution in [0, 0.1) is 0 Å². The number of β-amino-alcohol motifs (C(OH)–C–C–N with tert-alkyl or cyclic N) is 1. The number of amides is 2. The fourth-order valence-electron chi connectivity index (χ4n) is 1.08. The topological polar surface area (TPSA) is 52.6 Å². The van der Waals surface area contributed by atoms with Crippen molar-refractivity contribution in [3.8, 4) is 0 Å². The predicted molar refractivity (Wildman–Crippen MR) is 36.4 cm³/mol. The largest absolute Gasteiger partial charge is 0.372 e. The van der Waals surface area contributed by atoms with E-state index in [9.17, 15) is 9.90 Å². The van der Waals surface area contributed by atoms with Crippen LogP contribution in [-0.2, 0) is 0 Å². The fraction of sp³-hybridized carbons (Fsp3) is 0.833. The SMILES string of the molecule is CC(C)N1C(=O)NCC1O. The third kappa shape index (κ3) is 1.07. The summed E-state index contributed by atoms with van der Waals surface area (Å²) in [6.45, 7) is 4.08. The van der Waals surface area contributed by atoms with Crippen LogP contribution >= 0.6 is 0 Å². The molecule has 4 nitrogen and oxygen atoms in total. The number of urea groups is 1. The molecule has 0 aromatic rings. The van der Waals surface area contributed by atoms with Crippen LogP contribution in [0.5, 0.6) is 0 Å². The first-order valence-electron chi connectivity index (χ1n) is 3.37. The Kier molecular flexibility index (Phi) is 1.80. The van der Waals surface area contributed by atoms with E-state index in [-0.39, 0.29) is 12.1 Å². The van der Waals surface area contributed by atoms with Crippen molar-refractivity contribution in [2.24, 2.45) is 0 Å². The summed E-state index contributed by atoms with van der Waals surface area (Å²) in [5.74, 6) is 0. The minimum atomic E-state index is -0.646. The summed E-state index contributed by atoms with van der Waals surface area (Å²) >= 11 is 0. The molecule has 1 saturated heterocycles. The predicted octanol–water partition coefficient (Wildman–Crippen LogP) is -0.262. The van der Waals surface area contributed by atoms with Gasteiger partial charge >= 0.3 is 6.03 Å². The van der Waals surface area contributed by atoms with Gasteiger partial charge < -0.3 is 10.4 Å². The second-order valence-electron chi connectivity index (χ2n) is 2.67. The highest BCUT2D eigenvalue weighted by Gasteiger charge is 2.30. The number of hydrogen-bond acceptors (Lipinski definition) is 2. The summed E-state index contributed by atoms with van der Waals surface area (Å²) < 4.78 is 0. The molecule has 1 heterocycles. The Morgan fingerprint density at radius 2 is 2.40 bits per heavy atom. The van der Waals surface area contributed by atoms with Gasteiger partial charge in [-0.2, -0.15) is 0 Å². The summed E-state index contributed by atoms with van der Waals surface area (Å²) in [4.78, 5) is 12.3. The molecular formula is C6H12N2O2. The highest BCUT2D eigenvalue weighted by Crippen LogP contribution is 2.07. The van der Waals surface area contributed by atoms with Gasteiger partial charge in [0.2, 0.25) is 0 Å². The molecule has 2 N–H and O–H groups in total. The van der Waals surface area contributed by atoms with Gasteiger partial charge in [-0.1, -0.05) is 0 Å². The van der Waals surface area contributed by atoms with Crippen molar-refractivity contribution in [2.75, 3.05) is 6.54 Å². The lowest BCUT2D eigenvalue weighted by atomic mass is 10.3. The Morgan fingerprint density at radius 1 is 1.80 bits per heavy atom. The number of carbonyl (C=O) groups excluding carboxylic acids is 1. The normalized spacial score (nSPS) is 25.8. The van der Waals surface area contributed by atoms with Crippen LogP contribution in [0.3, 0.4) is 0 Å². The van der Waals surface area contributed by atoms with Crippen LogP contribution in [0.1, 0.15) is 13.8 Å². The molecule has 2 amide bonds. The third-order valence-corrected chi connectivity index (χ3v) is 1.55. The standard InChI is InChI=1S/C6H12N2O2/c1-4(2)8-5(9)3-7-6(8)10/h4-5,9H,3H2,1-2H3,(H,7,10). The molecule has 58 valence electrons. The van der Waals surface area contributed by atoms with E-state index in [1.807, 2.05) is 13.8 Å². The molecule has 1 aliphatic heterocycles. The maximum atomic E-state index is 10.9. The summed E-state index contributed by atoms with van der Waals surface area (Å²) in [7, 11) is 0. The van der Waals surface area contributed by atoms with Crippen LogP contribution < -0.4 is 5.32 Å². The maximum Gasteiger partial charge on any atom is 0.319 e. The van der Waals surface area contributed by atoms with Crippen molar-refractivity contribution in [1.29, 1.82) is 0 Å². The van der Waals surface area contributed by atoms with E-state index in [1.165, 1.54) is 4.90 Å². The molecule has 1 atom stereocenters. The zero-order valence-electron chi connectivity index (χ0n) is 6.16. The number of hydrogen-bond donors (Lipinski definition) is 2. The van der Waals surface area contributed by atoms with E-state index in [1.54, 1.807) is 0 Å². The smallest absolute Gasteiger partial charge is 0.319 e. The Labute approximate surface area is 59.8 Å². The number of carbonyl (C=O) groups is 1. The Hall–Kier alpha value is -0.770. The molecule has 1 rings (SSSR count). The zero-order chi connectivity index (χ0) is 7.72. The number of aliphatic hydroxyl groups is 1. The number of rotatable bonds is 1. The van der Waals surface area contributed by atoms with Crippen LogP contribution in [-0.4, -0.2) is 34.9 Å². The first-order valence-corrected chi connectivity index (χ1v) is 3.37. The zero-order valence-corrected chi connectivity index (χ0v) is 6.16. The summed E-state index contributed by atoms with van der Waals surface area (Å²) in [5, 5.41) is 11.7. The molecule has 0 aromatic carbocycles. The minimum Gasteiger partial charge on any atom is -0.372 e. The molecule has 10 heavy (non-hydrogen) atoms. The van der Waals surface area contributed by atoms with E-state index in [4.69, 9.17) is 0 Å². The monoisotopic (exact) mass is 144 g/mol. The van der Waals surface area contributed by atoms with Crippen molar-refractivity contribution in [3.05, 3.63) is 0 Å². The van der Waals surface area contributed by atoms with Crippen molar-refractivity contribution in [2.45, 2.75) is 26.1 Å². The van der Waals surface area contributed by atoms with Gasteiger partial charge in [-0.3, -0.25) is 4.90 Å². The van der Waals surface area contributed by atoms with Gasteiger partial charge in [0.05, 0.1) is 6.54 Å². The summed E-state index contributed by atoms with van der Waals surface area (Å²) in [5.41, 5.74) is 0. The van der Waals surface area contributed by atoms with Crippen LogP contribution in [0.2, 0.25) is 0 Å². The quantitative estimate of drug-likeness (QED) is 0.532. The lowest BCUT2D eigenvalue weighted by molar-refractivity contribution is 0.0470. The van der Waals surface area contributed by atoms with Gasteiger partial charge in [-0.15, -0.1) is 0 Å². The first kappa shape index (κ1) is 7.34. The van der Waals surface area contributed by atoms with Crippen molar-refractivity contribution >= 4 is 6.03 Å². The van der Waals surface area contributed by atoms with Crippen LogP contribution in [0.15, 0.2) is 0 Å². The number of aliphatic hydroxyl groups excluding tert-OH is 1. The molecule has 0 aliphatic carbocycles. The lowest BCUT2D eigenvalue weighted by Gasteiger charge is -2.22. The average Bonchev–Trinajstić information content (AvgIpc) is 2.11. The molecule has 0 saturated carbocycles. The van der Waals surface area contributed by atoms with Gasteiger partial charge in [0.15, 0.2) is 0 Å².